The minimum atomic E-state index is -2.50. The lowest BCUT2D eigenvalue weighted by atomic mass is 9.78. The molecule has 6 aliphatic heterocycles. The number of hydrogen-bond donors (Lipinski definition) is 0. The lowest BCUT2D eigenvalue weighted by Gasteiger charge is -2.54. The van der Waals surface area contributed by atoms with Crippen molar-refractivity contribution in [3.05, 3.63) is 48.6 Å². The highest BCUT2D eigenvalue weighted by Gasteiger charge is 2.56. The molecule has 11 nitrogen and oxygen atoms in total. The van der Waals surface area contributed by atoms with Crippen LogP contribution >= 0.6 is 0 Å². The van der Waals surface area contributed by atoms with E-state index in [9.17, 15) is 9.59 Å². The molecule has 5 saturated heterocycles. The summed E-state index contributed by atoms with van der Waals surface area (Å²) in [5.41, 5.74) is 2.13. The van der Waals surface area contributed by atoms with Crippen LogP contribution in [0.25, 0.3) is 0 Å². The summed E-state index contributed by atoms with van der Waals surface area (Å²) in [5.74, 6) is 0.0566. The maximum Gasteiger partial charge on any atom is 0.330 e. The fourth-order valence-corrected chi connectivity index (χ4v) is 15.8. The van der Waals surface area contributed by atoms with E-state index in [1.807, 2.05) is 12.2 Å². The van der Waals surface area contributed by atoms with Gasteiger partial charge >= 0.3 is 5.97 Å². The minimum Gasteiger partial charge on any atom is -0.456 e. The first kappa shape index (κ1) is 64.6. The van der Waals surface area contributed by atoms with Crippen molar-refractivity contribution in [3.8, 4) is 0 Å². The zero-order valence-electron chi connectivity index (χ0n) is 52.1. The van der Waals surface area contributed by atoms with E-state index in [1.165, 1.54) is 0 Å². The first-order valence-electron chi connectivity index (χ1n) is 30.3. The summed E-state index contributed by atoms with van der Waals surface area (Å²) in [6.07, 6.45) is 12.2. The van der Waals surface area contributed by atoms with Gasteiger partial charge in [-0.15, -0.1) is 0 Å². The van der Waals surface area contributed by atoms with E-state index in [-0.39, 0.29) is 93.6 Å². The molecule has 440 valence electrons. The molecule has 4 unspecified atom stereocenters. The van der Waals surface area contributed by atoms with E-state index in [0.717, 1.165) is 56.1 Å². The second-order valence-electron chi connectivity index (χ2n) is 29.4. The summed E-state index contributed by atoms with van der Waals surface area (Å²) in [7, 11) is -7.40. The predicted molar refractivity (Wildman–Crippen MR) is 319 cm³/mol. The van der Waals surface area contributed by atoms with Crippen LogP contribution in [0.15, 0.2) is 48.6 Å². The molecule has 6 aliphatic rings. The van der Waals surface area contributed by atoms with Crippen LogP contribution in [0.3, 0.4) is 0 Å². The standard InChI is InChI=1S/C63H110O11Si3/c1-23-26-48-41(4)37-53-56(69-48)44(7)57-54(68-53)38-52-42(5)39(2)35-47(67-52)32-34-49-40(3)36-46(66-49)31-29-45(64)30-33-51(72-75(17,18)61(8,9)10)59-60(74-77(21,22)63(14,15)16)58(73-76(19,20)62(11,12)13)43(6)50(70-59)27-24-25-28-55(65)71-57/h25,28,30,33,39,41,43-44,46-54,56-60H,3,5,23-24,26-27,29,31-32,34-38H2,1-2,4,6-22H3/b28-25?,33-30+/t39-,41-,43+,44+,46?,47+,48-,49?,50+,51+,52?,53+,54+,56+,57?,58+,59+,60+/m1/s1. The van der Waals surface area contributed by atoms with Crippen LogP contribution in [0.5, 0.6) is 0 Å². The van der Waals surface area contributed by atoms with Gasteiger partial charge in [0, 0.05) is 30.8 Å². The summed E-state index contributed by atoms with van der Waals surface area (Å²) in [6.45, 7) is 54.4. The topological polar surface area (TPSA) is 117 Å². The molecular weight excluding hydrogens is 1020 g/mol. The second-order valence-corrected chi connectivity index (χ2v) is 43.6. The second kappa shape index (κ2) is 25.5. The maximum absolute atomic E-state index is 14.3. The molecule has 77 heavy (non-hydrogen) atoms. The Labute approximate surface area is 471 Å². The number of rotatable bonds is 8. The highest BCUT2D eigenvalue weighted by molar-refractivity contribution is 6.75. The molecule has 6 rings (SSSR count). The number of ether oxygens (including phenoxy) is 6. The molecule has 6 heterocycles. The van der Waals surface area contributed by atoms with Gasteiger partial charge in [0.2, 0.25) is 0 Å². The van der Waals surface area contributed by atoms with Crippen molar-refractivity contribution in [2.24, 2.45) is 23.7 Å². The normalized spacial score (nSPS) is 38.6. The highest BCUT2D eigenvalue weighted by Crippen LogP contribution is 2.48. The third-order valence-corrected chi connectivity index (χ3v) is 33.6. The Balaban J connectivity index is 1.40. The maximum atomic E-state index is 14.3. The Kier molecular flexibility index (Phi) is 21.4. The fraction of sp³-hybridized carbons (Fsp3) is 0.841. The van der Waals surface area contributed by atoms with Crippen LogP contribution < -0.4 is 0 Å². The lowest BCUT2D eigenvalue weighted by Crippen LogP contribution is -2.65. The van der Waals surface area contributed by atoms with Crippen molar-refractivity contribution in [2.75, 3.05) is 0 Å². The number of esters is 1. The fourth-order valence-electron chi connectivity index (χ4n) is 11.9. The van der Waals surface area contributed by atoms with Gasteiger partial charge < -0.3 is 41.7 Å². The minimum absolute atomic E-state index is 0.000194. The van der Waals surface area contributed by atoms with Crippen LogP contribution in [0.2, 0.25) is 54.4 Å². The van der Waals surface area contributed by atoms with Crippen molar-refractivity contribution in [1.82, 2.24) is 0 Å². The Morgan fingerprint density at radius 3 is 1.83 bits per heavy atom. The molecule has 14 heteroatoms. The van der Waals surface area contributed by atoms with Crippen LogP contribution in [0.4, 0.5) is 0 Å². The molecule has 0 aromatic rings. The van der Waals surface area contributed by atoms with Crippen molar-refractivity contribution >= 4 is 36.7 Å². The molecule has 0 aromatic carbocycles. The van der Waals surface area contributed by atoms with Gasteiger partial charge in [-0.25, -0.2) is 4.79 Å². The van der Waals surface area contributed by atoms with E-state index in [4.69, 9.17) is 41.7 Å². The number of ketones is 1. The van der Waals surface area contributed by atoms with Gasteiger partial charge in [0.25, 0.3) is 0 Å². The molecular formula is C63H110O11Si3. The third-order valence-electron chi connectivity index (χ3n) is 20.2. The monoisotopic (exact) mass is 1130 g/mol. The first-order chi connectivity index (χ1) is 35.5. The lowest BCUT2D eigenvalue weighted by molar-refractivity contribution is -0.263. The molecule has 0 aromatic heterocycles. The van der Waals surface area contributed by atoms with Gasteiger partial charge in [-0.2, -0.15) is 0 Å². The summed E-state index contributed by atoms with van der Waals surface area (Å²) in [5, 5.41) is -0.311. The Hall–Kier alpha value is -1.57. The number of carbonyl (C=O) groups excluding carboxylic acids is 2. The smallest absolute Gasteiger partial charge is 0.330 e. The van der Waals surface area contributed by atoms with Gasteiger partial charge in [0.15, 0.2) is 30.7 Å². The summed E-state index contributed by atoms with van der Waals surface area (Å²) in [6, 6.07) is 0. The first-order valence-corrected chi connectivity index (χ1v) is 39.0. The molecule has 0 spiro atoms. The largest absolute Gasteiger partial charge is 0.456 e. The van der Waals surface area contributed by atoms with Crippen molar-refractivity contribution in [1.29, 1.82) is 0 Å². The third kappa shape index (κ3) is 15.8. The molecule has 0 saturated carbocycles. The van der Waals surface area contributed by atoms with Crippen molar-refractivity contribution in [2.45, 2.75) is 314 Å². The Morgan fingerprint density at radius 1 is 0.610 bits per heavy atom. The average Bonchev–Trinajstić information content (AvgIpc) is 3.69. The summed E-state index contributed by atoms with van der Waals surface area (Å²) in [4.78, 5) is 28.5. The molecule has 18 atom stereocenters. The number of allylic oxidation sites excluding steroid dienone is 2. The van der Waals surface area contributed by atoms with E-state index in [2.05, 4.69) is 149 Å². The Morgan fingerprint density at radius 2 is 1.21 bits per heavy atom. The van der Waals surface area contributed by atoms with E-state index in [1.54, 1.807) is 12.2 Å². The average molecular weight is 1130 g/mol. The van der Waals surface area contributed by atoms with Crippen molar-refractivity contribution in [3.63, 3.8) is 0 Å². The number of fused-ring (bicyclic) bond motifs is 8. The molecule has 0 aliphatic carbocycles. The molecule has 0 N–H and O–H groups in total. The zero-order chi connectivity index (χ0) is 57.4. The summed E-state index contributed by atoms with van der Waals surface area (Å²) >= 11 is 0. The molecule has 5 fully saturated rings. The molecule has 6 bridgehead atoms. The summed E-state index contributed by atoms with van der Waals surface area (Å²) < 4.78 is 64.5. The van der Waals surface area contributed by atoms with Crippen LogP contribution in [0, 0.1) is 23.7 Å². The van der Waals surface area contributed by atoms with Gasteiger partial charge in [-0.3, -0.25) is 4.79 Å². The van der Waals surface area contributed by atoms with Gasteiger partial charge in [0.1, 0.15) is 12.2 Å². The zero-order valence-corrected chi connectivity index (χ0v) is 55.1. The van der Waals surface area contributed by atoms with Crippen LogP contribution in [-0.4, -0.2) is 122 Å². The highest BCUT2D eigenvalue weighted by atomic mass is 28.4. The van der Waals surface area contributed by atoms with Crippen LogP contribution in [-0.2, 0) is 51.3 Å². The predicted octanol–water partition coefficient (Wildman–Crippen LogP) is 15.0. The quantitative estimate of drug-likeness (QED) is 0.131. The van der Waals surface area contributed by atoms with E-state index >= 15 is 0 Å². The Bertz CT molecular complexity index is 2080. The van der Waals surface area contributed by atoms with Crippen molar-refractivity contribution < 1.29 is 51.3 Å². The van der Waals surface area contributed by atoms with E-state index in [0.29, 0.717) is 38.0 Å². The molecule has 0 amide bonds. The van der Waals surface area contributed by atoms with Crippen LogP contribution in [0.1, 0.15) is 174 Å². The number of hydrogen-bond acceptors (Lipinski definition) is 11. The van der Waals surface area contributed by atoms with E-state index < -0.39 is 61.4 Å². The van der Waals surface area contributed by atoms with Gasteiger partial charge in [-0.05, 0) is 141 Å². The van der Waals surface area contributed by atoms with Gasteiger partial charge in [0.05, 0.1) is 73.2 Å². The molecule has 0 radical (unpaired) electrons. The van der Waals surface area contributed by atoms with Gasteiger partial charge in [-0.1, -0.05) is 129 Å². The number of carbonyl (C=O) groups is 2. The SMILES string of the molecule is C=C1CC2CCC(=O)/C=C/[C@H](O[Si](C)(C)C(C)(C)C)[C@@H]3O[C@@H](CCC=CC(=O)OC4[C@H](CC5O[C@@H](CCC1O2)C[C@@H](C)C5=C)O[C@H]1C[C@@H](C)[C@@H](CCC)O[C@H]1[C@@H]4C)[C@H](C)[C@H](O[Si](C)(C)C(C)(C)C)[C@@H]3O[Si](C)(C)C(C)(C)C.